The Balaban J connectivity index is 1.80. The molecule has 0 saturated heterocycles. The van der Waals surface area contributed by atoms with Gasteiger partial charge in [0.2, 0.25) is 0 Å². The summed E-state index contributed by atoms with van der Waals surface area (Å²) < 4.78 is 17.9. The fourth-order valence-electron chi connectivity index (χ4n) is 2.06. The van der Waals surface area contributed by atoms with Crippen molar-refractivity contribution < 1.29 is 13.9 Å². The van der Waals surface area contributed by atoms with E-state index in [0.29, 0.717) is 17.9 Å². The number of carbonyl (C=O) groups is 1. The molecule has 0 amide bonds. The van der Waals surface area contributed by atoms with Gasteiger partial charge in [-0.15, -0.1) is 0 Å². The molecule has 0 bridgehead atoms. The van der Waals surface area contributed by atoms with Crippen molar-refractivity contribution >= 4 is 5.78 Å². The molecule has 0 unspecified atom stereocenters. The highest BCUT2D eigenvalue weighted by Crippen LogP contribution is 2.17. The van der Waals surface area contributed by atoms with Gasteiger partial charge in [0.15, 0.2) is 5.78 Å². The summed E-state index contributed by atoms with van der Waals surface area (Å²) in [6, 6.07) is 13.5. The van der Waals surface area contributed by atoms with Gasteiger partial charge in [-0.1, -0.05) is 24.3 Å². The van der Waals surface area contributed by atoms with Crippen LogP contribution in [-0.2, 0) is 6.42 Å². The van der Waals surface area contributed by atoms with Crippen molar-refractivity contribution in [3.63, 3.8) is 0 Å². The van der Waals surface area contributed by atoms with Crippen LogP contribution in [0.1, 0.15) is 15.9 Å². The molecular formula is C17H18FNO2. The van der Waals surface area contributed by atoms with E-state index >= 15 is 0 Å². The Kier molecular flexibility index (Phi) is 5.46. The first kappa shape index (κ1) is 15.2. The molecule has 0 atom stereocenters. The van der Waals surface area contributed by atoms with E-state index in [4.69, 9.17) is 4.74 Å². The van der Waals surface area contributed by atoms with Gasteiger partial charge in [0, 0.05) is 0 Å². The maximum absolute atomic E-state index is 12.8. The molecule has 0 aromatic heterocycles. The molecular weight excluding hydrogens is 269 g/mol. The monoisotopic (exact) mass is 287 g/mol. The average Bonchev–Trinajstić information content (AvgIpc) is 2.53. The van der Waals surface area contributed by atoms with E-state index in [1.165, 1.54) is 12.1 Å². The fourth-order valence-corrected chi connectivity index (χ4v) is 2.06. The van der Waals surface area contributed by atoms with Crippen LogP contribution in [0.15, 0.2) is 48.5 Å². The second kappa shape index (κ2) is 7.55. The van der Waals surface area contributed by atoms with Crippen molar-refractivity contribution in [3.8, 4) is 5.75 Å². The predicted octanol–water partition coefficient (Wildman–Crippen LogP) is 2.85. The van der Waals surface area contributed by atoms with Crippen LogP contribution in [0.2, 0.25) is 0 Å². The number of carbonyl (C=O) groups excluding carboxylic acids is 1. The number of halogens is 1. The molecule has 3 nitrogen and oxygen atoms in total. The first-order valence-electron chi connectivity index (χ1n) is 6.82. The zero-order valence-electron chi connectivity index (χ0n) is 11.9. The molecule has 0 saturated carbocycles. The number of hydrogen-bond donors (Lipinski definition) is 1. The van der Waals surface area contributed by atoms with E-state index in [0.717, 1.165) is 12.0 Å². The maximum atomic E-state index is 12.8. The number of methoxy groups -OCH3 is 1. The van der Waals surface area contributed by atoms with Gasteiger partial charge in [-0.25, -0.2) is 4.39 Å². The van der Waals surface area contributed by atoms with Crippen LogP contribution in [0.25, 0.3) is 0 Å². The normalized spacial score (nSPS) is 10.4. The van der Waals surface area contributed by atoms with Crippen LogP contribution in [-0.4, -0.2) is 26.0 Å². The Labute approximate surface area is 123 Å². The van der Waals surface area contributed by atoms with Gasteiger partial charge in [-0.05, 0) is 42.8 Å². The average molecular weight is 287 g/mol. The van der Waals surface area contributed by atoms with Crippen molar-refractivity contribution in [2.75, 3.05) is 20.2 Å². The lowest BCUT2D eigenvalue weighted by molar-refractivity contribution is 0.0988. The van der Waals surface area contributed by atoms with E-state index in [2.05, 4.69) is 5.32 Å². The number of benzene rings is 2. The first-order valence-corrected chi connectivity index (χ1v) is 6.82. The minimum absolute atomic E-state index is 0.00782. The van der Waals surface area contributed by atoms with Crippen LogP contribution in [0.5, 0.6) is 5.75 Å². The van der Waals surface area contributed by atoms with Gasteiger partial charge >= 0.3 is 0 Å². The van der Waals surface area contributed by atoms with Crippen molar-refractivity contribution in [2.45, 2.75) is 6.42 Å². The van der Waals surface area contributed by atoms with Crippen LogP contribution in [0.3, 0.4) is 0 Å². The van der Waals surface area contributed by atoms with E-state index in [1.807, 2.05) is 12.1 Å². The lowest BCUT2D eigenvalue weighted by atomic mass is 10.1. The first-order chi connectivity index (χ1) is 10.2. The maximum Gasteiger partial charge on any atom is 0.180 e. The lowest BCUT2D eigenvalue weighted by Crippen LogP contribution is -2.25. The number of para-hydroxylation sites is 1. The summed E-state index contributed by atoms with van der Waals surface area (Å²) in [5, 5.41) is 3.10. The van der Waals surface area contributed by atoms with Crippen LogP contribution < -0.4 is 10.1 Å². The zero-order chi connectivity index (χ0) is 15.1. The third kappa shape index (κ3) is 4.39. The van der Waals surface area contributed by atoms with Crippen LogP contribution >= 0.6 is 0 Å². The molecule has 0 fully saturated rings. The quantitative estimate of drug-likeness (QED) is 0.628. The third-order valence-corrected chi connectivity index (χ3v) is 3.20. The Morgan fingerprint density at radius 2 is 1.86 bits per heavy atom. The number of ether oxygens (including phenoxy) is 1. The number of Topliss-reactive ketones (excluding diaryl/α,β-unsaturated/α-hetero) is 1. The largest absolute Gasteiger partial charge is 0.496 e. The van der Waals surface area contributed by atoms with Crippen molar-refractivity contribution in [3.05, 3.63) is 65.5 Å². The second-order valence-corrected chi connectivity index (χ2v) is 4.68. The minimum Gasteiger partial charge on any atom is -0.496 e. The highest BCUT2D eigenvalue weighted by Gasteiger charge is 2.10. The number of hydrogen-bond acceptors (Lipinski definition) is 3. The number of rotatable bonds is 7. The molecule has 0 aliphatic rings. The van der Waals surface area contributed by atoms with E-state index in [1.54, 1.807) is 31.4 Å². The van der Waals surface area contributed by atoms with E-state index < -0.39 is 0 Å². The van der Waals surface area contributed by atoms with Gasteiger partial charge in [-0.2, -0.15) is 0 Å². The van der Waals surface area contributed by atoms with Gasteiger partial charge in [0.1, 0.15) is 11.6 Å². The highest BCUT2D eigenvalue weighted by molar-refractivity contribution is 6.00. The summed E-state index contributed by atoms with van der Waals surface area (Å²) in [5.41, 5.74) is 1.61. The molecule has 0 spiro atoms. The molecule has 0 heterocycles. The van der Waals surface area contributed by atoms with Gasteiger partial charge in [0.05, 0.1) is 19.2 Å². The summed E-state index contributed by atoms with van der Waals surface area (Å²) in [7, 11) is 1.55. The van der Waals surface area contributed by atoms with E-state index in [-0.39, 0.29) is 18.1 Å². The summed E-state index contributed by atoms with van der Waals surface area (Å²) in [4.78, 5) is 12.1. The van der Waals surface area contributed by atoms with Gasteiger partial charge in [-0.3, -0.25) is 4.79 Å². The topological polar surface area (TPSA) is 38.3 Å². The summed E-state index contributed by atoms with van der Waals surface area (Å²) in [5.74, 6) is 0.340. The second-order valence-electron chi connectivity index (χ2n) is 4.68. The van der Waals surface area contributed by atoms with Crippen LogP contribution in [0.4, 0.5) is 4.39 Å². The third-order valence-electron chi connectivity index (χ3n) is 3.20. The molecule has 1 N–H and O–H groups in total. The Hall–Kier alpha value is -2.20. The number of ketones is 1. The van der Waals surface area contributed by atoms with Crippen molar-refractivity contribution in [1.29, 1.82) is 0 Å². The van der Waals surface area contributed by atoms with Gasteiger partial charge < -0.3 is 10.1 Å². The fraction of sp³-hybridized carbons (Fsp3) is 0.235. The summed E-state index contributed by atoms with van der Waals surface area (Å²) in [6.45, 7) is 0.911. The Morgan fingerprint density at radius 1 is 1.14 bits per heavy atom. The van der Waals surface area contributed by atoms with Crippen molar-refractivity contribution in [1.82, 2.24) is 5.32 Å². The Bertz CT molecular complexity index is 596. The molecule has 2 rings (SSSR count). The molecule has 0 aliphatic carbocycles. The van der Waals surface area contributed by atoms with Crippen LogP contribution in [0, 0.1) is 5.82 Å². The zero-order valence-corrected chi connectivity index (χ0v) is 11.9. The molecule has 0 radical (unpaired) electrons. The standard InChI is InChI=1S/C17H18FNO2/c1-21-17-5-3-2-4-15(17)16(20)12-19-11-10-13-6-8-14(18)9-7-13/h2-9,19H,10-12H2,1H3. The summed E-state index contributed by atoms with van der Waals surface area (Å²) in [6.07, 6.45) is 0.749. The highest BCUT2D eigenvalue weighted by atomic mass is 19.1. The molecule has 21 heavy (non-hydrogen) atoms. The van der Waals surface area contributed by atoms with E-state index in [9.17, 15) is 9.18 Å². The van der Waals surface area contributed by atoms with Crippen molar-refractivity contribution in [2.24, 2.45) is 0 Å². The molecule has 2 aromatic rings. The van der Waals surface area contributed by atoms with Gasteiger partial charge in [0.25, 0.3) is 0 Å². The Morgan fingerprint density at radius 3 is 2.57 bits per heavy atom. The molecule has 0 aliphatic heterocycles. The molecule has 110 valence electrons. The SMILES string of the molecule is COc1ccccc1C(=O)CNCCc1ccc(F)cc1. The molecule has 4 heteroatoms. The number of nitrogens with one attached hydrogen (secondary N) is 1. The summed E-state index contributed by atoms with van der Waals surface area (Å²) >= 11 is 0. The lowest BCUT2D eigenvalue weighted by Gasteiger charge is -2.08. The minimum atomic E-state index is -0.238. The molecule has 2 aromatic carbocycles. The smallest absolute Gasteiger partial charge is 0.180 e. The predicted molar refractivity (Wildman–Crippen MR) is 80.3 cm³/mol.